The van der Waals surface area contributed by atoms with Crippen LogP contribution >= 0.6 is 0 Å². The van der Waals surface area contributed by atoms with E-state index in [2.05, 4.69) is 10.4 Å². The molecule has 1 aromatic rings. The molecule has 1 N–H and O–H groups in total. The first-order valence-electron chi connectivity index (χ1n) is 4.77. The molecule has 0 aromatic carbocycles. The van der Waals surface area contributed by atoms with E-state index in [1.165, 1.54) is 0 Å². The summed E-state index contributed by atoms with van der Waals surface area (Å²) in [6, 6.07) is 1.81. The lowest BCUT2D eigenvalue weighted by atomic mass is 10.2. The van der Waals surface area contributed by atoms with E-state index in [0.717, 1.165) is 12.2 Å². The number of hydrogen-bond acceptors (Lipinski definition) is 3. The fourth-order valence-electron chi connectivity index (χ4n) is 1.53. The SMILES string of the molecule is CCn1nccc1/C=C1/CC(=O)NC1=O. The number of nitrogens with one attached hydrogen (secondary N) is 1. The van der Waals surface area contributed by atoms with E-state index in [-0.39, 0.29) is 18.2 Å². The van der Waals surface area contributed by atoms with Crippen LogP contribution in [-0.2, 0) is 16.1 Å². The van der Waals surface area contributed by atoms with E-state index < -0.39 is 0 Å². The van der Waals surface area contributed by atoms with E-state index in [1.54, 1.807) is 17.0 Å². The van der Waals surface area contributed by atoms with Crippen molar-refractivity contribution in [3.05, 3.63) is 23.5 Å². The smallest absolute Gasteiger partial charge is 0.254 e. The monoisotopic (exact) mass is 205 g/mol. The quantitative estimate of drug-likeness (QED) is 0.559. The first-order valence-corrected chi connectivity index (χ1v) is 4.77. The molecule has 5 nitrogen and oxygen atoms in total. The molecule has 1 saturated heterocycles. The minimum absolute atomic E-state index is 0.160. The van der Waals surface area contributed by atoms with E-state index in [4.69, 9.17) is 0 Å². The van der Waals surface area contributed by atoms with Crippen molar-refractivity contribution >= 4 is 17.9 Å². The number of imide groups is 1. The van der Waals surface area contributed by atoms with Gasteiger partial charge in [0.05, 0.1) is 12.1 Å². The maximum absolute atomic E-state index is 11.3. The molecule has 0 aliphatic carbocycles. The molecule has 0 atom stereocenters. The number of aromatic nitrogens is 2. The van der Waals surface area contributed by atoms with Gasteiger partial charge in [-0.15, -0.1) is 0 Å². The fourth-order valence-corrected chi connectivity index (χ4v) is 1.53. The zero-order valence-corrected chi connectivity index (χ0v) is 8.36. The van der Waals surface area contributed by atoms with Crippen LogP contribution in [-0.4, -0.2) is 21.6 Å². The lowest BCUT2D eigenvalue weighted by Gasteiger charge is -1.99. The predicted molar refractivity (Wildman–Crippen MR) is 53.6 cm³/mol. The summed E-state index contributed by atoms with van der Waals surface area (Å²) < 4.78 is 1.77. The van der Waals surface area contributed by atoms with Crippen LogP contribution in [0.2, 0.25) is 0 Å². The van der Waals surface area contributed by atoms with Crippen molar-refractivity contribution in [2.24, 2.45) is 0 Å². The lowest BCUT2D eigenvalue weighted by molar-refractivity contribution is -0.124. The Morgan fingerprint density at radius 1 is 1.60 bits per heavy atom. The van der Waals surface area contributed by atoms with Crippen LogP contribution in [0.15, 0.2) is 17.8 Å². The summed E-state index contributed by atoms with van der Waals surface area (Å²) in [5.74, 6) is -0.544. The summed E-state index contributed by atoms with van der Waals surface area (Å²) in [4.78, 5) is 22.2. The summed E-state index contributed by atoms with van der Waals surface area (Å²) >= 11 is 0. The summed E-state index contributed by atoms with van der Waals surface area (Å²) in [5.41, 5.74) is 1.34. The molecular weight excluding hydrogens is 194 g/mol. The van der Waals surface area contributed by atoms with Gasteiger partial charge in [0.15, 0.2) is 0 Å². The third-order valence-electron chi connectivity index (χ3n) is 2.27. The molecule has 1 aromatic heterocycles. The highest BCUT2D eigenvalue weighted by molar-refractivity contribution is 6.15. The Bertz CT molecular complexity index is 445. The van der Waals surface area contributed by atoms with E-state index in [1.807, 2.05) is 13.0 Å². The normalized spacial score (nSPS) is 18.6. The molecule has 1 aliphatic heterocycles. The standard InChI is InChI=1S/C10H11N3O2/c1-2-13-8(3-4-11-13)5-7-6-9(14)12-10(7)15/h3-5H,2,6H2,1H3,(H,12,14,15)/b7-5-. The molecule has 15 heavy (non-hydrogen) atoms. The molecule has 1 aliphatic rings. The van der Waals surface area contributed by atoms with Crippen LogP contribution in [0.3, 0.4) is 0 Å². The maximum atomic E-state index is 11.3. The van der Waals surface area contributed by atoms with Crippen LogP contribution in [0, 0.1) is 0 Å². The van der Waals surface area contributed by atoms with Crippen molar-refractivity contribution in [3.8, 4) is 0 Å². The first kappa shape index (κ1) is 9.64. The molecule has 0 unspecified atom stereocenters. The summed E-state index contributed by atoms with van der Waals surface area (Å²) in [7, 11) is 0. The number of carbonyl (C=O) groups is 2. The second-order valence-corrected chi connectivity index (χ2v) is 3.30. The van der Waals surface area contributed by atoms with Gasteiger partial charge in [-0.25, -0.2) is 0 Å². The van der Waals surface area contributed by atoms with E-state index >= 15 is 0 Å². The van der Waals surface area contributed by atoms with Crippen molar-refractivity contribution in [1.82, 2.24) is 15.1 Å². The van der Waals surface area contributed by atoms with Gasteiger partial charge in [-0.2, -0.15) is 5.10 Å². The van der Waals surface area contributed by atoms with Gasteiger partial charge in [0.1, 0.15) is 0 Å². The number of aryl methyl sites for hydroxylation is 1. The van der Waals surface area contributed by atoms with Gasteiger partial charge < -0.3 is 0 Å². The number of amides is 2. The third-order valence-corrected chi connectivity index (χ3v) is 2.27. The highest BCUT2D eigenvalue weighted by atomic mass is 16.2. The molecular formula is C10H11N3O2. The van der Waals surface area contributed by atoms with Gasteiger partial charge in [0, 0.05) is 18.3 Å². The molecule has 0 bridgehead atoms. The van der Waals surface area contributed by atoms with E-state index in [0.29, 0.717) is 5.57 Å². The number of rotatable bonds is 2. The van der Waals surface area contributed by atoms with E-state index in [9.17, 15) is 9.59 Å². The molecule has 2 heterocycles. The molecule has 5 heteroatoms. The minimum atomic E-state index is -0.302. The maximum Gasteiger partial charge on any atom is 0.254 e. The average Bonchev–Trinajstić information content (AvgIpc) is 2.74. The highest BCUT2D eigenvalue weighted by Crippen LogP contribution is 2.14. The Balaban J connectivity index is 2.30. The summed E-state index contributed by atoms with van der Waals surface area (Å²) in [6.45, 7) is 2.70. The van der Waals surface area contributed by atoms with Gasteiger partial charge in [0.25, 0.3) is 5.91 Å². The van der Waals surface area contributed by atoms with Crippen molar-refractivity contribution in [2.75, 3.05) is 0 Å². The summed E-state index contributed by atoms with van der Waals surface area (Å²) in [6.07, 6.45) is 3.54. The Hall–Kier alpha value is -1.91. The zero-order valence-electron chi connectivity index (χ0n) is 8.36. The Kier molecular flexibility index (Phi) is 2.37. The van der Waals surface area contributed by atoms with Crippen molar-refractivity contribution < 1.29 is 9.59 Å². The zero-order chi connectivity index (χ0) is 10.8. The van der Waals surface area contributed by atoms with Gasteiger partial charge >= 0.3 is 0 Å². The van der Waals surface area contributed by atoms with Gasteiger partial charge in [-0.1, -0.05) is 0 Å². The van der Waals surface area contributed by atoms with Crippen LogP contribution in [0.4, 0.5) is 0 Å². The second-order valence-electron chi connectivity index (χ2n) is 3.30. The minimum Gasteiger partial charge on any atom is -0.292 e. The topological polar surface area (TPSA) is 64.0 Å². The molecule has 2 amide bonds. The Morgan fingerprint density at radius 3 is 3.00 bits per heavy atom. The van der Waals surface area contributed by atoms with Crippen molar-refractivity contribution in [2.45, 2.75) is 19.9 Å². The highest BCUT2D eigenvalue weighted by Gasteiger charge is 2.23. The largest absolute Gasteiger partial charge is 0.292 e. The molecule has 1 fully saturated rings. The fraction of sp³-hybridized carbons (Fsp3) is 0.300. The second kappa shape index (κ2) is 3.68. The van der Waals surface area contributed by atoms with Gasteiger partial charge in [0.2, 0.25) is 5.91 Å². The molecule has 0 spiro atoms. The van der Waals surface area contributed by atoms with Crippen LogP contribution in [0.5, 0.6) is 0 Å². The number of carbonyl (C=O) groups excluding carboxylic acids is 2. The van der Waals surface area contributed by atoms with Gasteiger partial charge in [-0.05, 0) is 19.1 Å². The third kappa shape index (κ3) is 1.81. The lowest BCUT2D eigenvalue weighted by Crippen LogP contribution is -2.19. The first-order chi connectivity index (χ1) is 7.20. The average molecular weight is 205 g/mol. The van der Waals surface area contributed by atoms with Crippen molar-refractivity contribution in [1.29, 1.82) is 0 Å². The predicted octanol–water partition coefficient (Wildman–Crippen LogP) is 0.333. The molecule has 0 radical (unpaired) electrons. The summed E-state index contributed by atoms with van der Waals surface area (Å²) in [5, 5.41) is 6.32. The molecule has 2 rings (SSSR count). The van der Waals surface area contributed by atoms with Gasteiger partial charge in [-0.3, -0.25) is 19.6 Å². The molecule has 0 saturated carbocycles. The molecule has 78 valence electrons. The van der Waals surface area contributed by atoms with Crippen LogP contribution in [0.25, 0.3) is 6.08 Å². The Morgan fingerprint density at radius 2 is 2.40 bits per heavy atom. The van der Waals surface area contributed by atoms with Crippen LogP contribution < -0.4 is 5.32 Å². The number of hydrogen-bond donors (Lipinski definition) is 1. The number of nitrogens with zero attached hydrogens (tertiary/aromatic N) is 2. The van der Waals surface area contributed by atoms with Crippen LogP contribution in [0.1, 0.15) is 19.0 Å². The Labute approximate surface area is 86.8 Å². The van der Waals surface area contributed by atoms with Crippen molar-refractivity contribution in [3.63, 3.8) is 0 Å².